The highest BCUT2D eigenvalue weighted by molar-refractivity contribution is 7.80. The monoisotopic (exact) mass is 205 g/mol. The predicted molar refractivity (Wildman–Crippen MR) is 55.0 cm³/mol. The third-order valence-corrected chi connectivity index (χ3v) is 1.92. The lowest BCUT2D eigenvalue weighted by Crippen LogP contribution is -2.10. The van der Waals surface area contributed by atoms with Crippen molar-refractivity contribution in [2.75, 3.05) is 0 Å². The van der Waals surface area contributed by atoms with Crippen molar-refractivity contribution < 1.29 is 0 Å². The largest absolute Gasteiger partial charge is 0.389 e. The third kappa shape index (κ3) is 1.60. The predicted octanol–water partition coefficient (Wildman–Crippen LogP) is 0.297. The Morgan fingerprint density at radius 2 is 2.36 bits per heavy atom. The second kappa shape index (κ2) is 3.51. The molecular formula is C8H7N5S. The topological polar surface area (TPSA) is 69.6 Å². The molecule has 0 aliphatic carbocycles. The maximum Gasteiger partial charge on any atom is 0.155 e. The van der Waals surface area contributed by atoms with Crippen molar-refractivity contribution in [1.29, 1.82) is 0 Å². The van der Waals surface area contributed by atoms with Gasteiger partial charge in [0.2, 0.25) is 0 Å². The maximum atomic E-state index is 5.49. The molecule has 0 saturated heterocycles. The number of pyridine rings is 1. The van der Waals surface area contributed by atoms with Crippen LogP contribution in [-0.4, -0.2) is 24.7 Å². The molecule has 14 heavy (non-hydrogen) atoms. The van der Waals surface area contributed by atoms with Crippen LogP contribution in [0.3, 0.4) is 0 Å². The van der Waals surface area contributed by atoms with Crippen molar-refractivity contribution in [3.05, 3.63) is 36.5 Å². The second-order valence-corrected chi connectivity index (χ2v) is 3.05. The van der Waals surface area contributed by atoms with Gasteiger partial charge in [0.15, 0.2) is 5.82 Å². The summed E-state index contributed by atoms with van der Waals surface area (Å²) in [5.41, 5.74) is 6.26. The molecule has 2 heterocycles. The Morgan fingerprint density at radius 3 is 3.00 bits per heavy atom. The number of rotatable bonds is 2. The molecular weight excluding hydrogens is 198 g/mol. The number of nitrogens with two attached hydrogens (primary N) is 1. The first-order valence-electron chi connectivity index (χ1n) is 3.88. The molecule has 2 aromatic rings. The van der Waals surface area contributed by atoms with Crippen molar-refractivity contribution in [2.24, 2.45) is 5.73 Å². The van der Waals surface area contributed by atoms with Gasteiger partial charge in [0.1, 0.15) is 17.6 Å². The Hall–Kier alpha value is -1.82. The molecule has 6 heteroatoms. The molecule has 0 aliphatic rings. The van der Waals surface area contributed by atoms with Crippen LogP contribution >= 0.6 is 12.2 Å². The average molecular weight is 205 g/mol. The Labute approximate surface area is 85.6 Å². The van der Waals surface area contributed by atoms with Crippen molar-refractivity contribution >= 4 is 17.2 Å². The minimum absolute atomic E-state index is 0.341. The van der Waals surface area contributed by atoms with Crippen LogP contribution in [0.25, 0.3) is 5.82 Å². The van der Waals surface area contributed by atoms with Gasteiger partial charge in [0.05, 0.1) is 0 Å². The normalized spacial score (nSPS) is 10.0. The van der Waals surface area contributed by atoms with Crippen molar-refractivity contribution in [3.63, 3.8) is 0 Å². The van der Waals surface area contributed by atoms with E-state index in [4.69, 9.17) is 18.0 Å². The Morgan fingerprint density at radius 1 is 1.50 bits per heavy atom. The van der Waals surface area contributed by atoms with E-state index in [9.17, 15) is 0 Å². The summed E-state index contributed by atoms with van der Waals surface area (Å²) in [6.07, 6.45) is 4.63. The number of thiocarbonyl (C=S) groups is 1. The summed E-state index contributed by atoms with van der Waals surface area (Å²) in [6, 6.07) is 3.51. The highest BCUT2D eigenvalue weighted by Gasteiger charge is 2.01. The highest BCUT2D eigenvalue weighted by atomic mass is 32.1. The zero-order chi connectivity index (χ0) is 9.97. The lowest BCUT2D eigenvalue weighted by Gasteiger charge is -2.01. The summed E-state index contributed by atoms with van der Waals surface area (Å²) in [5, 5.41) is 3.95. The zero-order valence-corrected chi connectivity index (χ0v) is 7.98. The van der Waals surface area contributed by atoms with Crippen LogP contribution in [0.2, 0.25) is 0 Å². The lowest BCUT2D eigenvalue weighted by molar-refractivity contribution is 0.845. The summed E-state index contributed by atoms with van der Waals surface area (Å²) in [6.45, 7) is 0. The number of aromatic nitrogens is 4. The van der Waals surface area contributed by atoms with Gasteiger partial charge in [-0.1, -0.05) is 12.2 Å². The van der Waals surface area contributed by atoms with E-state index >= 15 is 0 Å². The first-order chi connectivity index (χ1) is 6.77. The fourth-order valence-electron chi connectivity index (χ4n) is 1.02. The highest BCUT2D eigenvalue weighted by Crippen LogP contribution is 2.04. The number of hydrogen-bond acceptors (Lipinski definition) is 4. The number of hydrogen-bond donors (Lipinski definition) is 1. The fourth-order valence-corrected chi connectivity index (χ4v) is 1.15. The van der Waals surface area contributed by atoms with Crippen LogP contribution in [0.4, 0.5) is 0 Å². The smallest absolute Gasteiger partial charge is 0.155 e. The van der Waals surface area contributed by atoms with E-state index < -0.39 is 0 Å². The van der Waals surface area contributed by atoms with E-state index in [1.807, 2.05) is 0 Å². The van der Waals surface area contributed by atoms with Gasteiger partial charge in [-0.2, -0.15) is 5.10 Å². The van der Waals surface area contributed by atoms with Gasteiger partial charge in [-0.3, -0.25) is 0 Å². The second-order valence-electron chi connectivity index (χ2n) is 2.61. The fraction of sp³-hybridized carbons (Fsp3) is 0. The molecule has 2 rings (SSSR count). The minimum atomic E-state index is 0.341. The van der Waals surface area contributed by atoms with E-state index in [2.05, 4.69) is 15.1 Å². The van der Waals surface area contributed by atoms with Crippen LogP contribution in [0, 0.1) is 0 Å². The molecule has 0 radical (unpaired) electrons. The molecule has 0 saturated carbocycles. The van der Waals surface area contributed by atoms with Crippen molar-refractivity contribution in [3.8, 4) is 5.82 Å². The summed E-state index contributed by atoms with van der Waals surface area (Å²) >= 11 is 4.86. The van der Waals surface area contributed by atoms with Gasteiger partial charge in [0.25, 0.3) is 0 Å². The van der Waals surface area contributed by atoms with E-state index in [0.717, 1.165) is 5.56 Å². The zero-order valence-electron chi connectivity index (χ0n) is 7.16. The van der Waals surface area contributed by atoms with Crippen LogP contribution in [0.15, 0.2) is 31.0 Å². The molecule has 0 amide bonds. The molecule has 2 aromatic heterocycles. The van der Waals surface area contributed by atoms with Gasteiger partial charge in [-0.05, 0) is 12.1 Å². The van der Waals surface area contributed by atoms with E-state index in [1.165, 1.54) is 6.33 Å². The Balaban J connectivity index is 2.46. The molecule has 0 aliphatic heterocycles. The summed E-state index contributed by atoms with van der Waals surface area (Å²) in [7, 11) is 0. The van der Waals surface area contributed by atoms with Crippen LogP contribution in [-0.2, 0) is 0 Å². The number of nitrogens with zero attached hydrogens (tertiary/aromatic N) is 4. The van der Waals surface area contributed by atoms with E-state index in [0.29, 0.717) is 10.8 Å². The standard InChI is InChI=1S/C8H7N5S/c9-8(14)6-1-2-11-7(3-6)13-5-10-4-12-13/h1-5H,(H2,9,14). The molecule has 0 bridgehead atoms. The summed E-state index contributed by atoms with van der Waals surface area (Å²) in [4.78, 5) is 8.27. The minimum Gasteiger partial charge on any atom is -0.389 e. The van der Waals surface area contributed by atoms with Crippen molar-refractivity contribution in [1.82, 2.24) is 19.7 Å². The SMILES string of the molecule is NC(=S)c1ccnc(-n2cncn2)c1. The van der Waals surface area contributed by atoms with Gasteiger partial charge in [0, 0.05) is 11.8 Å². The van der Waals surface area contributed by atoms with Gasteiger partial charge in [-0.25, -0.2) is 14.6 Å². The van der Waals surface area contributed by atoms with Gasteiger partial charge < -0.3 is 5.73 Å². The van der Waals surface area contributed by atoms with Gasteiger partial charge >= 0.3 is 0 Å². The first kappa shape index (κ1) is 8.76. The molecule has 70 valence electrons. The van der Waals surface area contributed by atoms with E-state index in [-0.39, 0.29) is 0 Å². The molecule has 2 N–H and O–H groups in total. The summed E-state index contributed by atoms with van der Waals surface area (Å²) in [5.74, 6) is 0.646. The van der Waals surface area contributed by atoms with Crippen molar-refractivity contribution in [2.45, 2.75) is 0 Å². The quantitative estimate of drug-likeness (QED) is 0.714. The Kier molecular flexibility index (Phi) is 2.19. The Bertz CT molecular complexity index is 451. The average Bonchev–Trinajstić information content (AvgIpc) is 2.71. The molecule has 0 unspecified atom stereocenters. The summed E-state index contributed by atoms with van der Waals surface area (Å²) < 4.78 is 1.54. The van der Waals surface area contributed by atoms with Crippen LogP contribution in [0.1, 0.15) is 5.56 Å². The van der Waals surface area contributed by atoms with Crippen LogP contribution < -0.4 is 5.73 Å². The molecule has 0 fully saturated rings. The molecule has 0 aromatic carbocycles. The first-order valence-corrected chi connectivity index (χ1v) is 4.29. The molecule has 5 nitrogen and oxygen atoms in total. The third-order valence-electron chi connectivity index (χ3n) is 1.68. The van der Waals surface area contributed by atoms with Gasteiger partial charge in [-0.15, -0.1) is 0 Å². The van der Waals surface area contributed by atoms with Crippen LogP contribution in [0.5, 0.6) is 0 Å². The maximum absolute atomic E-state index is 5.49. The lowest BCUT2D eigenvalue weighted by atomic mass is 10.2. The molecule has 0 atom stereocenters. The molecule has 0 spiro atoms. The van der Waals surface area contributed by atoms with E-state index in [1.54, 1.807) is 29.3 Å².